The number of likely N-dealkylation sites (N-methyl/N-ethyl adjacent to an activating group) is 1. The first-order chi connectivity index (χ1) is 15.0. The molecular formula is C25H25FN4O. The number of aryl methyl sites for hydroxylation is 1. The number of carbonyl (C=O) groups excluding carboxylic acids is 1. The molecule has 0 aliphatic heterocycles. The van der Waals surface area contributed by atoms with Gasteiger partial charge in [-0.05, 0) is 86.1 Å². The van der Waals surface area contributed by atoms with Crippen LogP contribution in [0.2, 0.25) is 0 Å². The van der Waals surface area contributed by atoms with E-state index in [4.69, 9.17) is 0 Å². The third-order valence-corrected chi connectivity index (χ3v) is 5.43. The molecule has 31 heavy (non-hydrogen) atoms. The lowest BCUT2D eigenvalue weighted by Gasteiger charge is -2.16. The Morgan fingerprint density at radius 1 is 1.10 bits per heavy atom. The number of carbonyl (C=O) groups is 1. The molecule has 0 bridgehead atoms. The van der Waals surface area contributed by atoms with E-state index in [0.717, 1.165) is 36.1 Å². The molecule has 0 atom stereocenters. The highest BCUT2D eigenvalue weighted by Gasteiger charge is 2.12. The van der Waals surface area contributed by atoms with Crippen LogP contribution in [0.4, 0.5) is 10.1 Å². The molecule has 0 aliphatic carbocycles. The molecule has 2 aromatic heterocycles. The molecule has 1 amide bonds. The minimum absolute atomic E-state index is 0.259. The second-order valence-electron chi connectivity index (χ2n) is 7.79. The van der Waals surface area contributed by atoms with Gasteiger partial charge in [0, 0.05) is 53.3 Å². The molecule has 4 aromatic rings. The topological polar surface area (TPSA) is 61.0 Å². The van der Waals surface area contributed by atoms with Gasteiger partial charge in [0.05, 0.1) is 0 Å². The molecule has 5 nitrogen and oxygen atoms in total. The van der Waals surface area contributed by atoms with Gasteiger partial charge in [0.2, 0.25) is 0 Å². The highest BCUT2D eigenvalue weighted by Crippen LogP contribution is 2.26. The number of hydrogen-bond donors (Lipinski definition) is 2. The van der Waals surface area contributed by atoms with Crippen LogP contribution in [0.5, 0.6) is 0 Å². The molecule has 6 heteroatoms. The Kier molecular flexibility index (Phi) is 6.09. The van der Waals surface area contributed by atoms with Crippen molar-refractivity contribution in [2.75, 3.05) is 18.9 Å². The number of hydrogen-bond acceptors (Lipinski definition) is 3. The van der Waals surface area contributed by atoms with Gasteiger partial charge in [-0.15, -0.1) is 0 Å². The first-order valence-corrected chi connectivity index (χ1v) is 10.2. The lowest BCUT2D eigenvalue weighted by molar-refractivity contribution is 0.102. The van der Waals surface area contributed by atoms with Gasteiger partial charge in [0.1, 0.15) is 5.82 Å². The van der Waals surface area contributed by atoms with Crippen molar-refractivity contribution in [3.8, 4) is 0 Å². The first kappa shape index (κ1) is 20.8. The number of H-pyrrole nitrogens is 1. The van der Waals surface area contributed by atoms with E-state index in [-0.39, 0.29) is 11.7 Å². The lowest BCUT2D eigenvalue weighted by atomic mass is 10.1. The highest BCUT2D eigenvalue weighted by atomic mass is 19.1. The predicted octanol–water partition coefficient (Wildman–Crippen LogP) is 4.94. The number of aromatic nitrogens is 2. The SMILES string of the molecule is Cc1[nH]c2ccc(NC(=O)c3ccc(F)cc3)cc2c1CCN(C)Cc1ccncc1. The van der Waals surface area contributed by atoms with Gasteiger partial charge in [0.25, 0.3) is 5.91 Å². The van der Waals surface area contributed by atoms with Gasteiger partial charge < -0.3 is 15.2 Å². The van der Waals surface area contributed by atoms with Crippen LogP contribution in [0.1, 0.15) is 27.2 Å². The van der Waals surface area contributed by atoms with Crippen molar-refractivity contribution in [2.45, 2.75) is 19.9 Å². The summed E-state index contributed by atoms with van der Waals surface area (Å²) < 4.78 is 13.1. The maximum absolute atomic E-state index is 13.1. The zero-order chi connectivity index (χ0) is 21.8. The Bertz CT molecular complexity index is 1190. The molecule has 4 rings (SSSR count). The molecular weight excluding hydrogens is 391 g/mol. The lowest BCUT2D eigenvalue weighted by Crippen LogP contribution is -2.20. The van der Waals surface area contributed by atoms with E-state index in [2.05, 4.69) is 34.2 Å². The maximum Gasteiger partial charge on any atom is 0.255 e. The van der Waals surface area contributed by atoms with E-state index in [9.17, 15) is 9.18 Å². The van der Waals surface area contributed by atoms with Crippen LogP contribution in [0.3, 0.4) is 0 Å². The molecule has 0 saturated carbocycles. The molecule has 0 aliphatic rings. The van der Waals surface area contributed by atoms with E-state index < -0.39 is 0 Å². The summed E-state index contributed by atoms with van der Waals surface area (Å²) in [6, 6.07) is 15.4. The summed E-state index contributed by atoms with van der Waals surface area (Å²) in [6.45, 7) is 3.85. The van der Waals surface area contributed by atoms with Crippen LogP contribution in [0.15, 0.2) is 67.0 Å². The number of halogens is 1. The zero-order valence-electron chi connectivity index (χ0n) is 17.7. The standard InChI is InChI=1S/C25H25FN4O/c1-17-22(11-14-30(2)16-18-9-12-27-13-10-18)23-15-21(7-8-24(23)28-17)29-25(31)19-3-5-20(26)6-4-19/h3-10,12-13,15,28H,11,14,16H2,1-2H3,(H,29,31). The van der Waals surface area contributed by atoms with E-state index in [0.29, 0.717) is 11.3 Å². The molecule has 0 radical (unpaired) electrons. The quantitative estimate of drug-likeness (QED) is 0.449. The molecule has 0 unspecified atom stereocenters. The average Bonchev–Trinajstić information content (AvgIpc) is 3.07. The fourth-order valence-electron chi connectivity index (χ4n) is 3.77. The van der Waals surface area contributed by atoms with Crippen molar-refractivity contribution in [2.24, 2.45) is 0 Å². The smallest absolute Gasteiger partial charge is 0.255 e. The zero-order valence-corrected chi connectivity index (χ0v) is 17.7. The molecule has 0 saturated heterocycles. The number of nitrogens with one attached hydrogen (secondary N) is 2. The Balaban J connectivity index is 1.48. The Morgan fingerprint density at radius 3 is 2.58 bits per heavy atom. The normalized spacial score (nSPS) is 11.2. The summed E-state index contributed by atoms with van der Waals surface area (Å²) in [5.41, 5.74) is 5.80. The number of benzene rings is 2. The van der Waals surface area contributed by atoms with E-state index in [1.807, 2.05) is 42.7 Å². The first-order valence-electron chi connectivity index (χ1n) is 10.2. The molecule has 0 spiro atoms. The summed E-state index contributed by atoms with van der Waals surface area (Å²) in [5.74, 6) is -0.621. The van der Waals surface area contributed by atoms with Crippen molar-refractivity contribution in [3.63, 3.8) is 0 Å². The summed E-state index contributed by atoms with van der Waals surface area (Å²) in [5, 5.41) is 4.02. The Hall–Kier alpha value is -3.51. The Labute approximate surface area is 180 Å². The number of rotatable bonds is 7. The maximum atomic E-state index is 13.1. The highest BCUT2D eigenvalue weighted by molar-refractivity contribution is 6.05. The van der Waals surface area contributed by atoms with E-state index >= 15 is 0 Å². The summed E-state index contributed by atoms with van der Waals surface area (Å²) in [4.78, 5) is 22.3. The summed E-state index contributed by atoms with van der Waals surface area (Å²) in [6.07, 6.45) is 4.52. The Morgan fingerprint density at radius 2 is 1.84 bits per heavy atom. The van der Waals surface area contributed by atoms with Crippen molar-refractivity contribution in [3.05, 3.63) is 95.2 Å². The molecule has 158 valence electrons. The fraction of sp³-hybridized carbons (Fsp3) is 0.200. The second-order valence-corrected chi connectivity index (χ2v) is 7.79. The third kappa shape index (κ3) is 4.98. The third-order valence-electron chi connectivity index (χ3n) is 5.43. The van der Waals surface area contributed by atoms with Gasteiger partial charge in [0.15, 0.2) is 0 Å². The van der Waals surface area contributed by atoms with Gasteiger partial charge in [-0.2, -0.15) is 0 Å². The largest absolute Gasteiger partial charge is 0.358 e. The number of amides is 1. The minimum atomic E-state index is -0.362. The van der Waals surface area contributed by atoms with Crippen molar-refractivity contribution in [1.82, 2.24) is 14.9 Å². The van der Waals surface area contributed by atoms with E-state index in [1.54, 1.807) is 0 Å². The molecule has 2 aromatic carbocycles. The van der Waals surface area contributed by atoms with Crippen molar-refractivity contribution >= 4 is 22.5 Å². The van der Waals surface area contributed by atoms with Crippen LogP contribution in [0.25, 0.3) is 10.9 Å². The van der Waals surface area contributed by atoms with Crippen LogP contribution in [0, 0.1) is 12.7 Å². The number of pyridine rings is 1. The minimum Gasteiger partial charge on any atom is -0.358 e. The second kappa shape index (κ2) is 9.10. The number of nitrogens with zero attached hydrogens (tertiary/aromatic N) is 2. The van der Waals surface area contributed by atoms with Crippen LogP contribution in [-0.4, -0.2) is 34.4 Å². The summed E-state index contributed by atoms with van der Waals surface area (Å²) >= 11 is 0. The fourth-order valence-corrected chi connectivity index (χ4v) is 3.77. The average molecular weight is 417 g/mol. The number of aromatic amines is 1. The molecule has 2 N–H and O–H groups in total. The van der Waals surface area contributed by atoms with Gasteiger partial charge in [-0.3, -0.25) is 9.78 Å². The summed E-state index contributed by atoms with van der Waals surface area (Å²) in [7, 11) is 2.11. The molecule has 2 heterocycles. The van der Waals surface area contributed by atoms with E-state index in [1.165, 1.54) is 35.4 Å². The van der Waals surface area contributed by atoms with Gasteiger partial charge in [-0.1, -0.05) is 0 Å². The number of fused-ring (bicyclic) bond motifs is 1. The molecule has 0 fully saturated rings. The van der Waals surface area contributed by atoms with Gasteiger partial charge in [-0.25, -0.2) is 4.39 Å². The monoisotopic (exact) mass is 416 g/mol. The van der Waals surface area contributed by atoms with Gasteiger partial charge >= 0.3 is 0 Å². The predicted molar refractivity (Wildman–Crippen MR) is 122 cm³/mol. The van der Waals surface area contributed by atoms with Crippen LogP contribution in [-0.2, 0) is 13.0 Å². The van der Waals surface area contributed by atoms with Crippen molar-refractivity contribution < 1.29 is 9.18 Å². The van der Waals surface area contributed by atoms with Crippen LogP contribution < -0.4 is 5.32 Å². The van der Waals surface area contributed by atoms with Crippen molar-refractivity contribution in [1.29, 1.82) is 0 Å². The van der Waals surface area contributed by atoms with Crippen LogP contribution >= 0.6 is 0 Å². The number of anilines is 1.